The maximum absolute atomic E-state index is 5.97. The molecule has 3 nitrogen and oxygen atoms in total. The van der Waals surface area contributed by atoms with Crippen LogP contribution in [0.1, 0.15) is 38.5 Å². The quantitative estimate of drug-likeness (QED) is 0.736. The molecule has 3 heteroatoms. The van der Waals surface area contributed by atoms with Gasteiger partial charge in [-0.2, -0.15) is 0 Å². The highest BCUT2D eigenvalue weighted by molar-refractivity contribution is 5.82. The predicted molar refractivity (Wildman–Crippen MR) is 82.7 cm³/mol. The fourth-order valence-corrected chi connectivity index (χ4v) is 2.24. The number of nitrogens with one attached hydrogen (secondary N) is 1. The van der Waals surface area contributed by atoms with E-state index in [1.165, 1.54) is 10.9 Å². The monoisotopic (exact) mass is 275 g/mol. The molecule has 110 valence electrons. The Balaban J connectivity index is 2.15. The first kappa shape index (κ1) is 15.1. The van der Waals surface area contributed by atoms with E-state index in [0.717, 1.165) is 37.5 Å². The van der Waals surface area contributed by atoms with Gasteiger partial charge < -0.3 is 14.5 Å². The van der Waals surface area contributed by atoms with E-state index >= 15 is 0 Å². The van der Waals surface area contributed by atoms with Crippen LogP contribution in [0.2, 0.25) is 0 Å². The van der Waals surface area contributed by atoms with Crippen LogP contribution in [-0.2, 0) is 17.9 Å². The number of hydrogen-bond donors (Lipinski definition) is 1. The van der Waals surface area contributed by atoms with Gasteiger partial charge >= 0.3 is 0 Å². The highest BCUT2D eigenvalue weighted by Crippen LogP contribution is 2.26. The Morgan fingerprint density at radius 1 is 1.25 bits per heavy atom. The highest BCUT2D eigenvalue weighted by atomic mass is 16.5. The molecule has 0 atom stereocenters. The summed E-state index contributed by atoms with van der Waals surface area (Å²) in [6, 6.07) is 8.18. The molecule has 0 aliphatic rings. The minimum absolute atomic E-state index is 0.629. The minimum Gasteiger partial charge on any atom is -0.459 e. The van der Waals surface area contributed by atoms with Crippen LogP contribution in [0.3, 0.4) is 0 Å². The lowest BCUT2D eigenvalue weighted by atomic mass is 10.1. The highest BCUT2D eigenvalue weighted by Gasteiger charge is 2.13. The van der Waals surface area contributed by atoms with Gasteiger partial charge in [-0.3, -0.25) is 0 Å². The zero-order valence-electron chi connectivity index (χ0n) is 12.7. The van der Waals surface area contributed by atoms with Crippen LogP contribution in [0.15, 0.2) is 28.7 Å². The summed E-state index contributed by atoms with van der Waals surface area (Å²) in [5.41, 5.74) is 2.13. The molecule has 0 aliphatic heterocycles. The largest absolute Gasteiger partial charge is 0.459 e. The smallest absolute Gasteiger partial charge is 0.134 e. The first-order valence-corrected chi connectivity index (χ1v) is 7.50. The number of fused-ring (bicyclic) bond motifs is 1. The van der Waals surface area contributed by atoms with E-state index in [1.807, 2.05) is 18.2 Å². The summed E-state index contributed by atoms with van der Waals surface area (Å²) >= 11 is 0. The third-order valence-corrected chi connectivity index (χ3v) is 3.21. The van der Waals surface area contributed by atoms with E-state index in [2.05, 4.69) is 32.2 Å². The topological polar surface area (TPSA) is 34.4 Å². The van der Waals surface area contributed by atoms with E-state index in [0.29, 0.717) is 12.5 Å². The third kappa shape index (κ3) is 3.84. The molecule has 1 N–H and O–H groups in total. The van der Waals surface area contributed by atoms with Crippen molar-refractivity contribution in [2.45, 2.75) is 40.3 Å². The first-order chi connectivity index (χ1) is 9.72. The van der Waals surface area contributed by atoms with Crippen molar-refractivity contribution in [2.75, 3.05) is 13.2 Å². The van der Waals surface area contributed by atoms with Gasteiger partial charge in [-0.15, -0.1) is 0 Å². The molecule has 1 aromatic heterocycles. The number of hydrogen-bond acceptors (Lipinski definition) is 3. The van der Waals surface area contributed by atoms with E-state index in [4.69, 9.17) is 9.15 Å². The van der Waals surface area contributed by atoms with Gasteiger partial charge in [0.25, 0.3) is 0 Å². The molecule has 2 rings (SSSR count). The molecule has 0 radical (unpaired) electrons. The number of rotatable bonds is 8. The van der Waals surface area contributed by atoms with Crippen molar-refractivity contribution in [1.82, 2.24) is 5.32 Å². The number of benzene rings is 1. The van der Waals surface area contributed by atoms with Crippen molar-refractivity contribution in [3.8, 4) is 0 Å². The summed E-state index contributed by atoms with van der Waals surface area (Å²) in [6.45, 7) is 9.71. The van der Waals surface area contributed by atoms with Crippen LogP contribution < -0.4 is 5.32 Å². The standard InChI is InChI=1S/C17H25NO2/c1-4-9-19-12-15-14-7-5-6-8-16(14)20-17(15)11-18-10-13(2)3/h5-8,13,18H,4,9-12H2,1-3H3. The Hall–Kier alpha value is -1.32. The lowest BCUT2D eigenvalue weighted by Gasteiger charge is -2.08. The zero-order chi connectivity index (χ0) is 14.4. The van der Waals surface area contributed by atoms with Gasteiger partial charge in [-0.1, -0.05) is 39.0 Å². The minimum atomic E-state index is 0.629. The second-order valence-electron chi connectivity index (χ2n) is 5.58. The molecule has 0 saturated heterocycles. The Bertz CT molecular complexity index is 531. The number of furan rings is 1. The maximum Gasteiger partial charge on any atom is 0.134 e. The lowest BCUT2D eigenvalue weighted by molar-refractivity contribution is 0.121. The molecule has 1 aromatic carbocycles. The van der Waals surface area contributed by atoms with E-state index in [-0.39, 0.29) is 0 Å². The van der Waals surface area contributed by atoms with E-state index in [9.17, 15) is 0 Å². The number of para-hydroxylation sites is 1. The molecule has 0 amide bonds. The van der Waals surface area contributed by atoms with Crippen molar-refractivity contribution in [3.05, 3.63) is 35.6 Å². The van der Waals surface area contributed by atoms with Crippen molar-refractivity contribution in [1.29, 1.82) is 0 Å². The first-order valence-electron chi connectivity index (χ1n) is 7.50. The predicted octanol–water partition coefficient (Wildman–Crippen LogP) is 4.11. The summed E-state index contributed by atoms with van der Waals surface area (Å²) < 4.78 is 11.7. The summed E-state index contributed by atoms with van der Waals surface area (Å²) in [7, 11) is 0. The fraction of sp³-hybridized carbons (Fsp3) is 0.529. The molecule has 20 heavy (non-hydrogen) atoms. The van der Waals surface area contributed by atoms with Gasteiger partial charge in [-0.05, 0) is 24.9 Å². The van der Waals surface area contributed by atoms with E-state index in [1.54, 1.807) is 0 Å². The van der Waals surface area contributed by atoms with Gasteiger partial charge in [0.15, 0.2) is 0 Å². The molecule has 0 bridgehead atoms. The van der Waals surface area contributed by atoms with Gasteiger partial charge in [0.05, 0.1) is 13.2 Å². The normalized spacial score (nSPS) is 11.6. The SMILES string of the molecule is CCCOCc1c(CNCC(C)C)oc2ccccc12. The Morgan fingerprint density at radius 3 is 2.80 bits per heavy atom. The van der Waals surface area contributed by atoms with Crippen LogP contribution in [0.4, 0.5) is 0 Å². The van der Waals surface area contributed by atoms with Gasteiger partial charge in [0, 0.05) is 17.6 Å². The third-order valence-electron chi connectivity index (χ3n) is 3.21. The lowest BCUT2D eigenvalue weighted by Crippen LogP contribution is -2.19. The summed E-state index contributed by atoms with van der Waals surface area (Å²) in [4.78, 5) is 0. The van der Waals surface area contributed by atoms with Crippen LogP contribution in [-0.4, -0.2) is 13.2 Å². The molecule has 0 unspecified atom stereocenters. The molecule has 1 heterocycles. The molecule has 0 aliphatic carbocycles. The van der Waals surface area contributed by atoms with Gasteiger partial charge in [0.1, 0.15) is 11.3 Å². The van der Waals surface area contributed by atoms with Crippen molar-refractivity contribution < 1.29 is 9.15 Å². The number of ether oxygens (including phenoxy) is 1. The zero-order valence-corrected chi connectivity index (χ0v) is 12.7. The van der Waals surface area contributed by atoms with Crippen LogP contribution >= 0.6 is 0 Å². The Labute approximate surface area is 121 Å². The molecule has 0 fully saturated rings. The van der Waals surface area contributed by atoms with Crippen LogP contribution in [0.25, 0.3) is 11.0 Å². The van der Waals surface area contributed by atoms with Crippen molar-refractivity contribution >= 4 is 11.0 Å². The Morgan fingerprint density at radius 2 is 2.05 bits per heavy atom. The van der Waals surface area contributed by atoms with Gasteiger partial charge in [-0.25, -0.2) is 0 Å². The van der Waals surface area contributed by atoms with Gasteiger partial charge in [0.2, 0.25) is 0 Å². The average molecular weight is 275 g/mol. The summed E-state index contributed by atoms with van der Waals surface area (Å²) in [5.74, 6) is 1.64. The average Bonchev–Trinajstić information content (AvgIpc) is 2.77. The fourth-order valence-electron chi connectivity index (χ4n) is 2.24. The molecule has 2 aromatic rings. The van der Waals surface area contributed by atoms with Crippen molar-refractivity contribution in [3.63, 3.8) is 0 Å². The van der Waals surface area contributed by atoms with Crippen LogP contribution in [0.5, 0.6) is 0 Å². The second kappa shape index (κ2) is 7.46. The maximum atomic E-state index is 5.97. The molecular formula is C17H25NO2. The summed E-state index contributed by atoms with van der Waals surface area (Å²) in [6.07, 6.45) is 1.04. The molecule has 0 spiro atoms. The Kier molecular flexibility index (Phi) is 5.62. The van der Waals surface area contributed by atoms with Crippen molar-refractivity contribution in [2.24, 2.45) is 5.92 Å². The second-order valence-corrected chi connectivity index (χ2v) is 5.58. The molecular weight excluding hydrogens is 250 g/mol. The van der Waals surface area contributed by atoms with E-state index < -0.39 is 0 Å². The van der Waals surface area contributed by atoms with Crippen LogP contribution in [0, 0.1) is 5.92 Å². The summed E-state index contributed by atoms with van der Waals surface area (Å²) in [5, 5.41) is 4.61. The molecule has 0 saturated carbocycles.